The van der Waals surface area contributed by atoms with Crippen LogP contribution in [0.4, 0.5) is 10.7 Å². The third-order valence-electron chi connectivity index (χ3n) is 2.54. The van der Waals surface area contributed by atoms with Crippen molar-refractivity contribution in [2.45, 2.75) is 6.54 Å². The second-order valence-corrected chi connectivity index (χ2v) is 5.29. The van der Waals surface area contributed by atoms with Crippen LogP contribution >= 0.6 is 22.9 Å². The van der Waals surface area contributed by atoms with Gasteiger partial charge in [0.1, 0.15) is 4.88 Å². The molecule has 1 heterocycles. The van der Waals surface area contributed by atoms with Gasteiger partial charge in [-0.1, -0.05) is 29.8 Å². The van der Waals surface area contributed by atoms with Crippen molar-refractivity contribution in [2.75, 3.05) is 18.2 Å². The van der Waals surface area contributed by atoms with Crippen LogP contribution in [-0.4, -0.2) is 13.1 Å². The van der Waals surface area contributed by atoms with Crippen molar-refractivity contribution in [3.63, 3.8) is 0 Å². The molecule has 0 unspecified atom stereocenters. The van der Waals surface area contributed by atoms with Gasteiger partial charge >= 0.3 is 5.97 Å². The Morgan fingerprint density at radius 3 is 2.89 bits per heavy atom. The summed E-state index contributed by atoms with van der Waals surface area (Å²) in [6, 6.07) is 9.29. The number of carbonyl (C=O) groups is 1. The first-order valence-electron chi connectivity index (χ1n) is 5.56. The van der Waals surface area contributed by atoms with E-state index in [0.717, 1.165) is 10.6 Å². The Labute approximate surface area is 120 Å². The van der Waals surface area contributed by atoms with E-state index in [0.29, 0.717) is 22.1 Å². The molecular formula is C13H13ClN2O2S. The zero-order chi connectivity index (χ0) is 13.8. The van der Waals surface area contributed by atoms with Crippen LogP contribution in [0.5, 0.6) is 0 Å². The number of hydrogen-bond donors (Lipinski definition) is 2. The molecule has 0 saturated heterocycles. The van der Waals surface area contributed by atoms with Crippen molar-refractivity contribution in [1.82, 2.24) is 0 Å². The van der Waals surface area contributed by atoms with Crippen LogP contribution in [-0.2, 0) is 11.3 Å². The van der Waals surface area contributed by atoms with Gasteiger partial charge in [0, 0.05) is 11.6 Å². The Bertz CT molecular complexity index is 598. The molecule has 0 radical (unpaired) electrons. The maximum atomic E-state index is 11.4. The van der Waals surface area contributed by atoms with Crippen LogP contribution in [0.3, 0.4) is 0 Å². The van der Waals surface area contributed by atoms with Gasteiger partial charge in [-0.2, -0.15) is 0 Å². The number of methoxy groups -OCH3 is 1. The van der Waals surface area contributed by atoms with Crippen LogP contribution in [0.15, 0.2) is 30.3 Å². The summed E-state index contributed by atoms with van der Waals surface area (Å²) in [5.74, 6) is -0.423. The van der Waals surface area contributed by atoms with E-state index >= 15 is 0 Å². The van der Waals surface area contributed by atoms with Gasteiger partial charge in [-0.3, -0.25) is 0 Å². The van der Waals surface area contributed by atoms with Crippen LogP contribution in [0.25, 0.3) is 0 Å². The number of hydrogen-bond acceptors (Lipinski definition) is 5. The van der Waals surface area contributed by atoms with Crippen molar-refractivity contribution >= 4 is 39.6 Å². The van der Waals surface area contributed by atoms with Gasteiger partial charge in [-0.05, 0) is 17.7 Å². The minimum absolute atomic E-state index is 0.407. The van der Waals surface area contributed by atoms with E-state index in [4.69, 9.17) is 17.3 Å². The second-order valence-electron chi connectivity index (χ2n) is 3.83. The molecule has 0 fully saturated rings. The molecule has 6 heteroatoms. The highest BCUT2D eigenvalue weighted by molar-refractivity contribution is 7.18. The van der Waals surface area contributed by atoms with E-state index < -0.39 is 5.97 Å². The minimum Gasteiger partial charge on any atom is -0.465 e. The standard InChI is InChI=1S/C13H13ClN2O2S/c1-18-13(17)12-10(15)6-11(19-12)16-7-8-4-2-3-5-9(8)14/h2-6,16H,7,15H2,1H3. The first-order valence-corrected chi connectivity index (χ1v) is 6.76. The van der Waals surface area contributed by atoms with E-state index in [1.165, 1.54) is 18.4 Å². The SMILES string of the molecule is COC(=O)c1sc(NCc2ccccc2Cl)cc1N. The van der Waals surface area contributed by atoms with Gasteiger partial charge in [0.25, 0.3) is 0 Å². The number of nitrogen functional groups attached to an aromatic ring is 1. The normalized spacial score (nSPS) is 10.2. The fourth-order valence-electron chi connectivity index (χ4n) is 1.57. The summed E-state index contributed by atoms with van der Waals surface area (Å²) in [5.41, 5.74) is 7.16. The number of ether oxygens (including phenoxy) is 1. The smallest absolute Gasteiger partial charge is 0.350 e. The lowest BCUT2D eigenvalue weighted by atomic mass is 10.2. The highest BCUT2D eigenvalue weighted by Gasteiger charge is 2.14. The van der Waals surface area contributed by atoms with Crippen molar-refractivity contribution in [2.24, 2.45) is 0 Å². The van der Waals surface area contributed by atoms with E-state index in [9.17, 15) is 4.79 Å². The Morgan fingerprint density at radius 2 is 2.21 bits per heavy atom. The zero-order valence-electron chi connectivity index (χ0n) is 10.3. The van der Waals surface area contributed by atoms with E-state index in [2.05, 4.69) is 10.1 Å². The number of halogens is 1. The molecule has 0 aliphatic carbocycles. The molecule has 4 nitrogen and oxygen atoms in total. The van der Waals surface area contributed by atoms with Gasteiger partial charge in [0.15, 0.2) is 0 Å². The summed E-state index contributed by atoms with van der Waals surface area (Å²) in [6.45, 7) is 0.570. The molecule has 2 aromatic rings. The molecule has 2 rings (SSSR count). The summed E-state index contributed by atoms with van der Waals surface area (Å²) in [6.07, 6.45) is 0. The largest absolute Gasteiger partial charge is 0.465 e. The molecule has 0 aliphatic heterocycles. The summed E-state index contributed by atoms with van der Waals surface area (Å²) in [5, 5.41) is 4.69. The second kappa shape index (κ2) is 5.95. The fourth-order valence-corrected chi connectivity index (χ4v) is 2.66. The van der Waals surface area contributed by atoms with Crippen molar-refractivity contribution in [3.05, 3.63) is 45.8 Å². The van der Waals surface area contributed by atoms with Crippen molar-refractivity contribution < 1.29 is 9.53 Å². The Balaban J connectivity index is 2.09. The predicted molar refractivity (Wildman–Crippen MR) is 78.8 cm³/mol. The zero-order valence-corrected chi connectivity index (χ0v) is 11.8. The van der Waals surface area contributed by atoms with Crippen LogP contribution < -0.4 is 11.1 Å². The third-order valence-corrected chi connectivity index (χ3v) is 4.00. The highest BCUT2D eigenvalue weighted by atomic mass is 35.5. The lowest BCUT2D eigenvalue weighted by Crippen LogP contribution is -2.01. The summed E-state index contributed by atoms with van der Waals surface area (Å²) < 4.78 is 4.65. The lowest BCUT2D eigenvalue weighted by molar-refractivity contribution is 0.0607. The van der Waals surface area contributed by atoms with Crippen molar-refractivity contribution in [3.8, 4) is 0 Å². The molecule has 100 valence electrons. The number of nitrogens with one attached hydrogen (secondary N) is 1. The summed E-state index contributed by atoms with van der Waals surface area (Å²) in [7, 11) is 1.33. The Kier molecular flexibility index (Phi) is 4.29. The molecule has 0 spiro atoms. The van der Waals surface area contributed by atoms with Crippen molar-refractivity contribution in [1.29, 1.82) is 0 Å². The average molecular weight is 297 g/mol. The van der Waals surface area contributed by atoms with Gasteiger partial charge in [0.2, 0.25) is 0 Å². The molecular weight excluding hydrogens is 284 g/mol. The average Bonchev–Trinajstić information content (AvgIpc) is 2.78. The molecule has 1 aromatic carbocycles. The summed E-state index contributed by atoms with van der Waals surface area (Å²) >= 11 is 7.33. The van der Waals surface area contributed by atoms with E-state index in [1.807, 2.05) is 24.3 Å². The first kappa shape index (κ1) is 13.7. The molecule has 0 amide bonds. The number of nitrogens with two attached hydrogens (primary N) is 1. The number of benzene rings is 1. The number of carbonyl (C=O) groups excluding carboxylic acids is 1. The third kappa shape index (κ3) is 3.19. The molecule has 19 heavy (non-hydrogen) atoms. The van der Waals surface area contributed by atoms with Gasteiger partial charge < -0.3 is 15.8 Å². The number of anilines is 2. The maximum absolute atomic E-state index is 11.4. The minimum atomic E-state index is -0.423. The van der Waals surface area contributed by atoms with Crippen LogP contribution in [0, 0.1) is 0 Å². The van der Waals surface area contributed by atoms with Gasteiger partial charge in [-0.15, -0.1) is 11.3 Å². The van der Waals surface area contributed by atoms with E-state index in [1.54, 1.807) is 6.07 Å². The maximum Gasteiger partial charge on any atom is 0.350 e. The monoisotopic (exact) mass is 296 g/mol. The highest BCUT2D eigenvalue weighted by Crippen LogP contribution is 2.30. The number of rotatable bonds is 4. The van der Waals surface area contributed by atoms with Crippen LogP contribution in [0.1, 0.15) is 15.2 Å². The predicted octanol–water partition coefficient (Wildman–Crippen LogP) is 3.38. The molecule has 0 bridgehead atoms. The molecule has 0 aliphatic rings. The van der Waals surface area contributed by atoms with E-state index in [-0.39, 0.29) is 0 Å². The summed E-state index contributed by atoms with van der Waals surface area (Å²) in [4.78, 5) is 11.8. The molecule has 0 saturated carbocycles. The topological polar surface area (TPSA) is 64.3 Å². The van der Waals surface area contributed by atoms with Gasteiger partial charge in [-0.25, -0.2) is 4.79 Å². The molecule has 0 atom stereocenters. The molecule has 1 aromatic heterocycles. The Morgan fingerprint density at radius 1 is 1.47 bits per heavy atom. The molecule has 3 N–H and O–H groups in total. The van der Waals surface area contributed by atoms with Gasteiger partial charge in [0.05, 0.1) is 17.8 Å². The lowest BCUT2D eigenvalue weighted by Gasteiger charge is -2.05. The number of thiophene rings is 1. The quantitative estimate of drug-likeness (QED) is 0.849. The van der Waals surface area contributed by atoms with Crippen LogP contribution in [0.2, 0.25) is 5.02 Å². The fraction of sp³-hybridized carbons (Fsp3) is 0.154. The number of esters is 1. The first-order chi connectivity index (χ1) is 9.11. The Hall–Kier alpha value is -1.72.